The van der Waals surface area contributed by atoms with E-state index in [0.29, 0.717) is 18.1 Å². The summed E-state index contributed by atoms with van der Waals surface area (Å²) >= 11 is 0. The molecule has 1 aliphatic rings. The van der Waals surface area contributed by atoms with Gasteiger partial charge in [0.2, 0.25) is 10.0 Å². The van der Waals surface area contributed by atoms with E-state index in [4.69, 9.17) is 9.47 Å². The number of hydrogen-bond donors (Lipinski definition) is 0. The Bertz CT molecular complexity index is 1050. The summed E-state index contributed by atoms with van der Waals surface area (Å²) in [4.78, 5) is 13.8. The maximum Gasteiger partial charge on any atom is 0.416 e. The van der Waals surface area contributed by atoms with Gasteiger partial charge in [-0.25, -0.2) is 8.42 Å². The maximum absolute atomic E-state index is 12.8. The van der Waals surface area contributed by atoms with Gasteiger partial charge in [0.15, 0.2) is 18.1 Å². The summed E-state index contributed by atoms with van der Waals surface area (Å²) in [5.74, 6) is 0.689. The Morgan fingerprint density at radius 1 is 0.939 bits per heavy atom. The molecule has 33 heavy (non-hydrogen) atoms. The van der Waals surface area contributed by atoms with E-state index in [2.05, 4.69) is 0 Å². The number of alkyl halides is 3. The molecule has 0 aromatic heterocycles. The van der Waals surface area contributed by atoms with Gasteiger partial charge in [0.1, 0.15) is 0 Å². The van der Waals surface area contributed by atoms with Gasteiger partial charge < -0.3 is 14.4 Å². The Morgan fingerprint density at radius 3 is 2.06 bits per heavy atom. The van der Waals surface area contributed by atoms with Crippen LogP contribution in [-0.2, 0) is 21.0 Å². The lowest BCUT2D eigenvalue weighted by molar-refractivity contribution is -0.137. The largest absolute Gasteiger partial charge is 0.490 e. The number of para-hydroxylation sites is 2. The van der Waals surface area contributed by atoms with Crippen molar-refractivity contribution in [3.63, 3.8) is 0 Å². The van der Waals surface area contributed by atoms with Crippen molar-refractivity contribution in [1.29, 1.82) is 0 Å². The molecular weight excluding hydrogens is 461 g/mol. The smallest absolute Gasteiger partial charge is 0.416 e. The molecule has 180 valence electrons. The van der Waals surface area contributed by atoms with Crippen molar-refractivity contribution < 1.29 is 35.9 Å². The molecule has 1 fully saturated rings. The molecule has 11 heteroatoms. The van der Waals surface area contributed by atoms with Crippen molar-refractivity contribution in [1.82, 2.24) is 9.21 Å². The van der Waals surface area contributed by atoms with E-state index in [1.807, 2.05) is 6.92 Å². The first-order valence-electron chi connectivity index (χ1n) is 10.4. The molecular formula is C22H25F3N2O5S. The van der Waals surface area contributed by atoms with Crippen molar-refractivity contribution >= 4 is 15.9 Å². The highest BCUT2D eigenvalue weighted by molar-refractivity contribution is 7.89. The average molecular weight is 487 g/mol. The van der Waals surface area contributed by atoms with Crippen LogP contribution in [0, 0.1) is 0 Å². The second-order valence-corrected chi connectivity index (χ2v) is 9.33. The topological polar surface area (TPSA) is 76.2 Å². The van der Waals surface area contributed by atoms with Gasteiger partial charge in [-0.3, -0.25) is 4.79 Å². The number of carbonyl (C=O) groups excluding carboxylic acids is 1. The number of amides is 1. The van der Waals surface area contributed by atoms with Crippen LogP contribution >= 0.6 is 0 Å². The number of benzene rings is 2. The number of halogens is 3. The molecule has 1 saturated heterocycles. The van der Waals surface area contributed by atoms with Crippen LogP contribution in [0.25, 0.3) is 0 Å². The van der Waals surface area contributed by atoms with E-state index < -0.39 is 21.8 Å². The summed E-state index contributed by atoms with van der Waals surface area (Å²) in [7, 11) is -3.96. The van der Waals surface area contributed by atoms with E-state index in [0.717, 1.165) is 35.0 Å². The van der Waals surface area contributed by atoms with E-state index in [1.54, 1.807) is 24.3 Å². The van der Waals surface area contributed by atoms with Crippen LogP contribution < -0.4 is 9.47 Å². The molecule has 0 radical (unpaired) electrons. The second kappa shape index (κ2) is 10.4. The number of piperazine rings is 1. The molecule has 1 aliphatic heterocycles. The molecule has 7 nitrogen and oxygen atoms in total. The number of rotatable bonds is 8. The first-order valence-corrected chi connectivity index (χ1v) is 11.9. The predicted molar refractivity (Wildman–Crippen MR) is 115 cm³/mol. The average Bonchev–Trinajstić information content (AvgIpc) is 2.81. The van der Waals surface area contributed by atoms with Gasteiger partial charge >= 0.3 is 6.18 Å². The summed E-state index contributed by atoms with van der Waals surface area (Å²) in [6.45, 7) is 2.63. The minimum absolute atomic E-state index is 0.0330. The summed E-state index contributed by atoms with van der Waals surface area (Å²) in [6.07, 6.45) is -3.72. The summed E-state index contributed by atoms with van der Waals surface area (Å²) in [5.41, 5.74) is -0.918. The van der Waals surface area contributed by atoms with Crippen LogP contribution in [0.2, 0.25) is 0 Å². The van der Waals surface area contributed by atoms with E-state index in [-0.39, 0.29) is 43.6 Å². The Labute approximate surface area is 190 Å². The Kier molecular flexibility index (Phi) is 7.85. The Balaban J connectivity index is 1.55. The molecule has 0 unspecified atom stereocenters. The number of nitrogens with zero attached hydrogens (tertiary/aromatic N) is 2. The van der Waals surface area contributed by atoms with Crippen molar-refractivity contribution in [3.05, 3.63) is 54.1 Å². The lowest BCUT2D eigenvalue weighted by Crippen LogP contribution is -2.51. The molecule has 0 bridgehead atoms. The fourth-order valence-corrected chi connectivity index (χ4v) is 4.70. The quantitative estimate of drug-likeness (QED) is 0.572. The maximum atomic E-state index is 12.8. The van der Waals surface area contributed by atoms with Crippen LogP contribution in [0.4, 0.5) is 13.2 Å². The highest BCUT2D eigenvalue weighted by atomic mass is 32.2. The van der Waals surface area contributed by atoms with Crippen molar-refractivity contribution in [2.45, 2.75) is 24.4 Å². The third-order valence-electron chi connectivity index (χ3n) is 5.07. The minimum atomic E-state index is -4.54. The number of carbonyl (C=O) groups is 1. The fourth-order valence-electron chi connectivity index (χ4n) is 3.27. The molecule has 0 N–H and O–H groups in total. The standard InChI is InChI=1S/C22H25F3N2O5S/c1-2-15-31-19-5-3-4-6-20(19)32-16-21(28)26-11-13-27(14-12-26)33(29,30)18-9-7-17(8-10-18)22(23,24)25/h3-10H,2,11-16H2,1H3. The SMILES string of the molecule is CCCOc1ccccc1OCC(=O)N1CCN(S(=O)(=O)c2ccc(C(F)(F)F)cc2)CC1. The molecule has 1 amide bonds. The lowest BCUT2D eigenvalue weighted by atomic mass is 10.2. The first-order chi connectivity index (χ1) is 15.6. The molecule has 0 spiro atoms. The van der Waals surface area contributed by atoms with Crippen LogP contribution in [0.15, 0.2) is 53.4 Å². The van der Waals surface area contributed by atoms with Crippen LogP contribution in [-0.4, -0.2) is 62.9 Å². The Hall–Kier alpha value is -2.79. The zero-order valence-corrected chi connectivity index (χ0v) is 18.9. The Morgan fingerprint density at radius 2 is 1.52 bits per heavy atom. The van der Waals surface area contributed by atoms with Gasteiger partial charge in [-0.1, -0.05) is 19.1 Å². The first kappa shape index (κ1) is 24.8. The summed E-state index contributed by atoms with van der Waals surface area (Å²) in [6, 6.07) is 10.4. The van der Waals surface area contributed by atoms with Gasteiger partial charge in [0.05, 0.1) is 17.1 Å². The zero-order valence-electron chi connectivity index (χ0n) is 18.0. The van der Waals surface area contributed by atoms with Crippen LogP contribution in [0.1, 0.15) is 18.9 Å². The second-order valence-electron chi connectivity index (χ2n) is 7.39. The molecule has 0 aliphatic carbocycles. The van der Waals surface area contributed by atoms with E-state index in [1.165, 1.54) is 4.90 Å². The van der Waals surface area contributed by atoms with Crippen molar-refractivity contribution in [2.24, 2.45) is 0 Å². The van der Waals surface area contributed by atoms with Crippen LogP contribution in [0.3, 0.4) is 0 Å². The lowest BCUT2D eigenvalue weighted by Gasteiger charge is -2.34. The van der Waals surface area contributed by atoms with Crippen LogP contribution in [0.5, 0.6) is 11.5 Å². The molecule has 2 aromatic carbocycles. The van der Waals surface area contributed by atoms with Gasteiger partial charge in [-0.2, -0.15) is 17.5 Å². The number of ether oxygens (including phenoxy) is 2. The van der Waals surface area contributed by atoms with Gasteiger partial charge in [-0.15, -0.1) is 0 Å². The predicted octanol–water partition coefficient (Wildman–Crippen LogP) is 3.41. The molecule has 2 aromatic rings. The normalized spacial score (nSPS) is 15.3. The molecule has 0 saturated carbocycles. The molecule has 0 atom stereocenters. The number of hydrogen-bond acceptors (Lipinski definition) is 5. The van der Waals surface area contributed by atoms with Gasteiger partial charge in [-0.05, 0) is 42.8 Å². The summed E-state index contributed by atoms with van der Waals surface area (Å²) in [5, 5.41) is 0. The van der Waals surface area contributed by atoms with Crippen molar-refractivity contribution in [3.8, 4) is 11.5 Å². The highest BCUT2D eigenvalue weighted by Gasteiger charge is 2.33. The van der Waals surface area contributed by atoms with E-state index >= 15 is 0 Å². The molecule has 1 heterocycles. The third-order valence-corrected chi connectivity index (χ3v) is 6.99. The third kappa shape index (κ3) is 6.17. The van der Waals surface area contributed by atoms with Crippen molar-refractivity contribution in [2.75, 3.05) is 39.4 Å². The highest BCUT2D eigenvalue weighted by Crippen LogP contribution is 2.30. The molecule has 3 rings (SSSR count). The zero-order chi connectivity index (χ0) is 24.1. The number of sulfonamides is 1. The minimum Gasteiger partial charge on any atom is -0.490 e. The monoisotopic (exact) mass is 486 g/mol. The fraction of sp³-hybridized carbons (Fsp3) is 0.409. The summed E-state index contributed by atoms with van der Waals surface area (Å²) < 4.78 is 76.1. The van der Waals surface area contributed by atoms with E-state index in [9.17, 15) is 26.4 Å². The van der Waals surface area contributed by atoms with Gasteiger partial charge in [0, 0.05) is 26.2 Å². The van der Waals surface area contributed by atoms with Gasteiger partial charge in [0.25, 0.3) is 5.91 Å².